The standard InChI is InChI=1S/C9H3BrF5N3/c10-7-6(9(13,14)15)17-8(18-7)5-4(12)3(11)1-2-16-5/h1-2H,(H,17,18). The molecule has 2 heterocycles. The summed E-state index contributed by atoms with van der Waals surface area (Å²) in [6, 6.07) is 0.751. The lowest BCUT2D eigenvalue weighted by Gasteiger charge is -2.02. The van der Waals surface area contributed by atoms with Crippen LogP contribution in [0.15, 0.2) is 16.9 Å². The molecule has 0 spiro atoms. The Labute approximate surface area is 105 Å². The summed E-state index contributed by atoms with van der Waals surface area (Å²) in [7, 11) is 0. The van der Waals surface area contributed by atoms with Gasteiger partial charge in [-0.05, 0) is 22.0 Å². The van der Waals surface area contributed by atoms with Crippen LogP contribution in [-0.4, -0.2) is 15.0 Å². The monoisotopic (exact) mass is 327 g/mol. The Kier molecular flexibility index (Phi) is 3.09. The summed E-state index contributed by atoms with van der Waals surface area (Å²) < 4.78 is 63.1. The van der Waals surface area contributed by atoms with E-state index in [1.54, 1.807) is 0 Å². The molecule has 0 fully saturated rings. The number of pyridine rings is 1. The smallest absolute Gasteiger partial charge is 0.332 e. The summed E-state index contributed by atoms with van der Waals surface area (Å²) >= 11 is 2.59. The number of hydrogen-bond acceptors (Lipinski definition) is 2. The van der Waals surface area contributed by atoms with Gasteiger partial charge < -0.3 is 4.98 Å². The minimum absolute atomic E-state index is 0.508. The minimum atomic E-state index is -4.69. The van der Waals surface area contributed by atoms with E-state index in [1.165, 1.54) is 0 Å². The normalized spacial score (nSPS) is 11.9. The largest absolute Gasteiger partial charge is 0.433 e. The molecule has 2 aromatic rings. The van der Waals surface area contributed by atoms with E-state index < -0.39 is 39.6 Å². The van der Waals surface area contributed by atoms with Crippen molar-refractivity contribution in [2.24, 2.45) is 0 Å². The predicted molar refractivity (Wildman–Crippen MR) is 54.4 cm³/mol. The molecule has 0 aromatic carbocycles. The number of halogens is 6. The first-order chi connectivity index (χ1) is 8.30. The Bertz CT molecular complexity index is 592. The summed E-state index contributed by atoms with van der Waals surface area (Å²) in [6.45, 7) is 0. The second-order valence-electron chi connectivity index (χ2n) is 3.20. The summed E-state index contributed by atoms with van der Waals surface area (Å²) in [5.41, 5.74) is -1.81. The molecule has 2 aromatic heterocycles. The van der Waals surface area contributed by atoms with Crippen molar-refractivity contribution in [3.63, 3.8) is 0 Å². The van der Waals surface area contributed by atoms with Crippen molar-refractivity contribution >= 4 is 15.9 Å². The van der Waals surface area contributed by atoms with E-state index in [0.717, 1.165) is 12.3 Å². The van der Waals surface area contributed by atoms with Crippen molar-refractivity contribution in [3.05, 3.63) is 34.2 Å². The van der Waals surface area contributed by atoms with Gasteiger partial charge in [-0.3, -0.25) is 0 Å². The van der Waals surface area contributed by atoms with E-state index in [4.69, 9.17) is 0 Å². The maximum Gasteiger partial charge on any atom is 0.433 e. The average Bonchev–Trinajstić information content (AvgIpc) is 2.64. The molecule has 0 radical (unpaired) electrons. The van der Waals surface area contributed by atoms with Crippen LogP contribution >= 0.6 is 15.9 Å². The third-order valence-corrected chi connectivity index (χ3v) is 2.58. The van der Waals surface area contributed by atoms with Crippen LogP contribution in [-0.2, 0) is 6.18 Å². The van der Waals surface area contributed by atoms with E-state index >= 15 is 0 Å². The quantitative estimate of drug-likeness (QED) is 0.814. The maximum atomic E-state index is 13.3. The van der Waals surface area contributed by atoms with Crippen molar-refractivity contribution < 1.29 is 22.0 Å². The number of imidazole rings is 1. The zero-order valence-electron chi connectivity index (χ0n) is 8.32. The van der Waals surface area contributed by atoms with Crippen molar-refractivity contribution in [1.29, 1.82) is 0 Å². The Balaban J connectivity index is 2.56. The van der Waals surface area contributed by atoms with Crippen molar-refractivity contribution in [3.8, 4) is 11.5 Å². The third-order valence-electron chi connectivity index (χ3n) is 2.01. The number of H-pyrrole nitrogens is 1. The van der Waals surface area contributed by atoms with Crippen LogP contribution in [0.5, 0.6) is 0 Å². The van der Waals surface area contributed by atoms with E-state index in [9.17, 15) is 22.0 Å². The van der Waals surface area contributed by atoms with Crippen LogP contribution in [0.2, 0.25) is 0 Å². The molecule has 0 aliphatic heterocycles. The topological polar surface area (TPSA) is 41.6 Å². The molecule has 96 valence electrons. The summed E-state index contributed by atoms with van der Waals surface area (Å²) in [4.78, 5) is 8.72. The molecule has 2 rings (SSSR count). The van der Waals surface area contributed by atoms with Crippen LogP contribution in [0.1, 0.15) is 5.69 Å². The van der Waals surface area contributed by atoms with Crippen LogP contribution in [0, 0.1) is 11.6 Å². The molecular formula is C9H3BrF5N3. The third kappa shape index (κ3) is 2.22. The van der Waals surface area contributed by atoms with Crippen LogP contribution in [0.4, 0.5) is 22.0 Å². The van der Waals surface area contributed by atoms with Crippen molar-refractivity contribution in [2.45, 2.75) is 6.18 Å². The van der Waals surface area contributed by atoms with Gasteiger partial charge in [-0.2, -0.15) is 13.2 Å². The second-order valence-corrected chi connectivity index (χ2v) is 3.96. The number of nitrogens with one attached hydrogen (secondary N) is 1. The fourth-order valence-electron chi connectivity index (χ4n) is 1.24. The number of aromatic nitrogens is 3. The minimum Gasteiger partial charge on any atom is -0.332 e. The number of nitrogens with zero attached hydrogens (tertiary/aromatic N) is 2. The molecule has 9 heteroatoms. The van der Waals surface area contributed by atoms with Gasteiger partial charge in [0.2, 0.25) is 0 Å². The molecule has 0 atom stereocenters. The fraction of sp³-hybridized carbons (Fsp3) is 0.111. The van der Waals surface area contributed by atoms with Gasteiger partial charge in [0.1, 0.15) is 10.3 Å². The van der Waals surface area contributed by atoms with Crippen LogP contribution in [0.25, 0.3) is 11.5 Å². The molecule has 0 saturated heterocycles. The van der Waals surface area contributed by atoms with Gasteiger partial charge >= 0.3 is 6.18 Å². The van der Waals surface area contributed by atoms with E-state index in [0.29, 0.717) is 0 Å². The molecule has 0 aliphatic rings. The number of alkyl halides is 3. The zero-order valence-corrected chi connectivity index (χ0v) is 9.90. The Morgan fingerprint density at radius 3 is 2.44 bits per heavy atom. The second kappa shape index (κ2) is 4.30. The number of aromatic amines is 1. The van der Waals surface area contributed by atoms with Gasteiger partial charge in [-0.15, -0.1) is 0 Å². The highest BCUT2D eigenvalue weighted by atomic mass is 79.9. The lowest BCUT2D eigenvalue weighted by Crippen LogP contribution is -2.06. The SMILES string of the molecule is Fc1ccnc(-c2nc(Br)c(C(F)(F)F)[nH]2)c1F. The molecule has 0 amide bonds. The fourth-order valence-corrected chi connectivity index (χ4v) is 1.74. The highest BCUT2D eigenvalue weighted by Crippen LogP contribution is 2.35. The van der Waals surface area contributed by atoms with Gasteiger partial charge in [0, 0.05) is 6.20 Å². The Morgan fingerprint density at radius 1 is 1.22 bits per heavy atom. The van der Waals surface area contributed by atoms with Crippen molar-refractivity contribution in [2.75, 3.05) is 0 Å². The molecule has 0 unspecified atom stereocenters. The van der Waals surface area contributed by atoms with Crippen LogP contribution in [0.3, 0.4) is 0 Å². The Morgan fingerprint density at radius 2 is 1.89 bits per heavy atom. The zero-order chi connectivity index (χ0) is 13.5. The van der Waals surface area contributed by atoms with Gasteiger partial charge in [0.15, 0.2) is 23.2 Å². The summed E-state index contributed by atoms with van der Waals surface area (Å²) in [5.74, 6) is -3.10. The number of hydrogen-bond donors (Lipinski definition) is 1. The van der Waals surface area contributed by atoms with E-state index in [1.807, 2.05) is 4.98 Å². The van der Waals surface area contributed by atoms with E-state index in [2.05, 4.69) is 25.9 Å². The molecule has 0 saturated carbocycles. The highest BCUT2D eigenvalue weighted by molar-refractivity contribution is 9.10. The van der Waals surface area contributed by atoms with E-state index in [-0.39, 0.29) is 0 Å². The first kappa shape index (κ1) is 12.9. The predicted octanol–water partition coefficient (Wildman–Crippen LogP) is 3.53. The molecular weight excluding hydrogens is 325 g/mol. The van der Waals surface area contributed by atoms with Gasteiger partial charge in [-0.1, -0.05) is 0 Å². The Hall–Kier alpha value is -1.51. The average molecular weight is 328 g/mol. The molecule has 3 nitrogen and oxygen atoms in total. The molecule has 18 heavy (non-hydrogen) atoms. The molecule has 1 N–H and O–H groups in total. The first-order valence-corrected chi connectivity index (χ1v) is 5.23. The lowest BCUT2D eigenvalue weighted by atomic mass is 10.3. The van der Waals surface area contributed by atoms with Crippen LogP contribution < -0.4 is 0 Å². The highest BCUT2D eigenvalue weighted by Gasteiger charge is 2.36. The van der Waals surface area contributed by atoms with Gasteiger partial charge in [-0.25, -0.2) is 18.7 Å². The molecule has 0 aliphatic carbocycles. The van der Waals surface area contributed by atoms with Gasteiger partial charge in [0.05, 0.1) is 0 Å². The first-order valence-electron chi connectivity index (χ1n) is 4.43. The molecule has 0 bridgehead atoms. The summed E-state index contributed by atoms with van der Waals surface area (Å²) in [6.07, 6.45) is -3.76. The van der Waals surface area contributed by atoms with Crippen molar-refractivity contribution in [1.82, 2.24) is 15.0 Å². The lowest BCUT2D eigenvalue weighted by molar-refractivity contribution is -0.141. The van der Waals surface area contributed by atoms with Gasteiger partial charge in [0.25, 0.3) is 0 Å². The summed E-state index contributed by atoms with van der Waals surface area (Å²) in [5, 5.41) is 0. The number of rotatable bonds is 1. The maximum absolute atomic E-state index is 13.3.